The van der Waals surface area contributed by atoms with Crippen LogP contribution in [-0.2, 0) is 4.79 Å². The highest BCUT2D eigenvalue weighted by atomic mass is 35.5. The van der Waals surface area contributed by atoms with Crippen LogP contribution in [0.25, 0.3) is 0 Å². The molecule has 1 aromatic carbocycles. The quantitative estimate of drug-likeness (QED) is 0.518. The van der Waals surface area contributed by atoms with Gasteiger partial charge in [0.25, 0.3) is 0 Å². The van der Waals surface area contributed by atoms with Gasteiger partial charge in [0.2, 0.25) is 17.5 Å². The average Bonchev–Trinajstić information content (AvgIpc) is 2.58. The number of nitrogens with one attached hydrogen (secondary N) is 2. The zero-order chi connectivity index (χ0) is 19.4. The Labute approximate surface area is 156 Å². The van der Waals surface area contributed by atoms with Gasteiger partial charge in [-0.15, -0.1) is 0 Å². The van der Waals surface area contributed by atoms with E-state index in [1.54, 1.807) is 12.1 Å². The second-order valence-corrected chi connectivity index (χ2v) is 6.84. The van der Waals surface area contributed by atoms with Gasteiger partial charge in [-0.1, -0.05) is 49.7 Å². The monoisotopic (exact) mass is 378 g/mol. The maximum atomic E-state index is 12.5. The molecule has 1 aliphatic carbocycles. The fraction of sp³-hybridized carbons (Fsp3) is 0.353. The number of allylic oxidation sites excluding steroid dienone is 2. The van der Waals surface area contributed by atoms with E-state index in [1.807, 2.05) is 13.8 Å². The Bertz CT molecular complexity index is 763. The van der Waals surface area contributed by atoms with Crippen LogP contribution >= 0.6 is 11.6 Å². The third-order valence-corrected chi connectivity index (χ3v) is 4.28. The van der Waals surface area contributed by atoms with Crippen LogP contribution in [0.1, 0.15) is 41.0 Å². The van der Waals surface area contributed by atoms with Crippen molar-refractivity contribution in [3.05, 3.63) is 46.1 Å². The van der Waals surface area contributed by atoms with Gasteiger partial charge in [0, 0.05) is 11.1 Å². The molecular weight excluding hydrogens is 358 g/mol. The first kappa shape index (κ1) is 20.2. The number of carbonyl (C=O) groups excluding carboxylic acids is 3. The molecule has 0 spiro atoms. The van der Waals surface area contributed by atoms with Crippen LogP contribution in [0.3, 0.4) is 0 Å². The number of carbonyl (C=O) groups is 3. The lowest BCUT2D eigenvalue weighted by molar-refractivity contribution is -0.120. The summed E-state index contributed by atoms with van der Waals surface area (Å²) in [5.41, 5.74) is 0.293. The van der Waals surface area contributed by atoms with E-state index in [2.05, 4.69) is 10.6 Å². The molecule has 0 fully saturated rings. The third kappa shape index (κ3) is 4.52. The van der Waals surface area contributed by atoms with Crippen molar-refractivity contribution < 1.29 is 24.4 Å². The summed E-state index contributed by atoms with van der Waals surface area (Å²) in [5.74, 6) is -2.22. The van der Waals surface area contributed by atoms with E-state index < -0.39 is 30.5 Å². The Morgan fingerprint density at radius 3 is 2.27 bits per heavy atom. The SMILES string of the molecule is CC(C)C[C@H](NC(=O)CNC1=C(Cl)C(=O)c2ccccc2C1=O)B(O)O. The van der Waals surface area contributed by atoms with Crippen molar-refractivity contribution in [3.8, 4) is 0 Å². The summed E-state index contributed by atoms with van der Waals surface area (Å²) in [6.07, 6.45) is 0.373. The summed E-state index contributed by atoms with van der Waals surface area (Å²) in [5, 5.41) is 23.5. The van der Waals surface area contributed by atoms with Gasteiger partial charge in [0.05, 0.1) is 12.5 Å². The van der Waals surface area contributed by atoms with Crippen molar-refractivity contribution in [3.63, 3.8) is 0 Å². The molecular formula is C17H20BClN2O5. The van der Waals surface area contributed by atoms with Gasteiger partial charge in [-0.3, -0.25) is 14.4 Å². The number of Topliss-reactive ketones (excluding diaryl/α,β-unsaturated/α-hetero) is 2. The van der Waals surface area contributed by atoms with Gasteiger partial charge in [-0.25, -0.2) is 0 Å². The highest BCUT2D eigenvalue weighted by molar-refractivity contribution is 6.50. The van der Waals surface area contributed by atoms with Gasteiger partial charge in [-0.2, -0.15) is 0 Å². The number of hydrogen-bond acceptors (Lipinski definition) is 6. The molecule has 1 aliphatic rings. The summed E-state index contributed by atoms with van der Waals surface area (Å²) in [7, 11) is -1.70. The minimum Gasteiger partial charge on any atom is -0.426 e. The van der Waals surface area contributed by atoms with Crippen molar-refractivity contribution in [2.45, 2.75) is 26.2 Å². The highest BCUT2D eigenvalue weighted by Gasteiger charge is 2.32. The first-order valence-electron chi connectivity index (χ1n) is 8.20. The maximum absolute atomic E-state index is 12.5. The molecule has 0 saturated heterocycles. The molecule has 4 N–H and O–H groups in total. The summed E-state index contributed by atoms with van der Waals surface area (Å²) >= 11 is 6.00. The predicted molar refractivity (Wildman–Crippen MR) is 97.6 cm³/mol. The van der Waals surface area contributed by atoms with Crippen LogP contribution in [-0.4, -0.2) is 47.1 Å². The molecule has 138 valence electrons. The second kappa shape index (κ2) is 8.48. The Hall–Kier alpha value is -2.16. The van der Waals surface area contributed by atoms with Gasteiger partial charge in [0.1, 0.15) is 10.7 Å². The Kier molecular flexibility index (Phi) is 6.58. The second-order valence-electron chi connectivity index (χ2n) is 6.46. The molecule has 26 heavy (non-hydrogen) atoms. The topological polar surface area (TPSA) is 116 Å². The normalized spacial score (nSPS) is 15.0. The Morgan fingerprint density at radius 2 is 1.73 bits per heavy atom. The highest BCUT2D eigenvalue weighted by Crippen LogP contribution is 2.26. The lowest BCUT2D eigenvalue weighted by Crippen LogP contribution is -2.49. The van der Waals surface area contributed by atoms with E-state index in [-0.39, 0.29) is 34.3 Å². The Morgan fingerprint density at radius 1 is 1.15 bits per heavy atom. The molecule has 0 aliphatic heterocycles. The third-order valence-electron chi connectivity index (χ3n) is 3.92. The molecule has 2 rings (SSSR count). The lowest BCUT2D eigenvalue weighted by Gasteiger charge is -2.21. The molecule has 7 nitrogen and oxygen atoms in total. The van der Waals surface area contributed by atoms with Crippen LogP contribution in [0.4, 0.5) is 0 Å². The van der Waals surface area contributed by atoms with E-state index in [1.165, 1.54) is 12.1 Å². The largest absolute Gasteiger partial charge is 0.475 e. The molecule has 1 aromatic rings. The van der Waals surface area contributed by atoms with Gasteiger partial charge >= 0.3 is 7.12 Å². The van der Waals surface area contributed by atoms with E-state index >= 15 is 0 Å². The summed E-state index contributed by atoms with van der Waals surface area (Å²) in [4.78, 5) is 36.8. The predicted octanol–water partition coefficient (Wildman–Crippen LogP) is 0.649. The number of fused-ring (bicyclic) bond motifs is 1. The average molecular weight is 379 g/mol. The molecule has 0 heterocycles. The van der Waals surface area contributed by atoms with E-state index in [0.29, 0.717) is 6.42 Å². The number of ketones is 2. The van der Waals surface area contributed by atoms with Crippen molar-refractivity contribution in [1.29, 1.82) is 0 Å². The van der Waals surface area contributed by atoms with Crippen molar-refractivity contribution >= 4 is 36.2 Å². The molecule has 0 saturated carbocycles. The summed E-state index contributed by atoms with van der Waals surface area (Å²) in [6.45, 7) is 3.43. The molecule has 1 atom stereocenters. The maximum Gasteiger partial charge on any atom is 0.475 e. The fourth-order valence-electron chi connectivity index (χ4n) is 2.69. The Balaban J connectivity index is 2.07. The van der Waals surface area contributed by atoms with Crippen LogP contribution in [0.2, 0.25) is 0 Å². The zero-order valence-electron chi connectivity index (χ0n) is 14.5. The van der Waals surface area contributed by atoms with E-state index in [4.69, 9.17) is 11.6 Å². The van der Waals surface area contributed by atoms with E-state index in [9.17, 15) is 24.4 Å². The summed E-state index contributed by atoms with van der Waals surface area (Å²) < 4.78 is 0. The summed E-state index contributed by atoms with van der Waals surface area (Å²) in [6, 6.07) is 6.30. The van der Waals surface area contributed by atoms with Crippen LogP contribution in [0.15, 0.2) is 35.0 Å². The molecule has 0 aromatic heterocycles. The molecule has 0 radical (unpaired) electrons. The van der Waals surface area contributed by atoms with Gasteiger partial charge in [-0.05, 0) is 12.3 Å². The lowest BCUT2D eigenvalue weighted by atomic mass is 9.75. The van der Waals surface area contributed by atoms with Crippen LogP contribution in [0, 0.1) is 5.92 Å². The van der Waals surface area contributed by atoms with Crippen LogP contribution in [0.5, 0.6) is 0 Å². The van der Waals surface area contributed by atoms with Crippen LogP contribution < -0.4 is 10.6 Å². The first-order valence-corrected chi connectivity index (χ1v) is 8.57. The zero-order valence-corrected chi connectivity index (χ0v) is 15.2. The minimum absolute atomic E-state index is 0.140. The number of halogens is 1. The number of benzene rings is 1. The standard InChI is InChI=1S/C17H20BClN2O5/c1-9(2)7-12(18(25)26)21-13(22)8-20-15-14(19)16(23)10-5-3-4-6-11(10)17(15)24/h3-6,9,12,20,25-26H,7-8H2,1-2H3,(H,21,22)/t12-/m0/s1. The van der Waals surface area contributed by atoms with Crippen molar-refractivity contribution in [1.82, 2.24) is 10.6 Å². The molecule has 0 bridgehead atoms. The molecule has 0 unspecified atom stereocenters. The number of amides is 1. The number of rotatable bonds is 7. The smallest absolute Gasteiger partial charge is 0.426 e. The molecule has 1 amide bonds. The fourth-order valence-corrected chi connectivity index (χ4v) is 2.95. The van der Waals surface area contributed by atoms with Crippen molar-refractivity contribution in [2.24, 2.45) is 5.92 Å². The van der Waals surface area contributed by atoms with Gasteiger partial charge in [0.15, 0.2) is 0 Å². The molecule has 9 heteroatoms. The first-order chi connectivity index (χ1) is 12.2. The van der Waals surface area contributed by atoms with E-state index in [0.717, 1.165) is 0 Å². The van der Waals surface area contributed by atoms with Crippen molar-refractivity contribution in [2.75, 3.05) is 6.54 Å². The number of hydrogen-bond donors (Lipinski definition) is 4. The minimum atomic E-state index is -1.70. The van der Waals surface area contributed by atoms with Gasteiger partial charge < -0.3 is 20.7 Å².